The minimum absolute atomic E-state index is 0.182. The van der Waals surface area contributed by atoms with Crippen LogP contribution in [0.15, 0.2) is 28.1 Å². The van der Waals surface area contributed by atoms with Crippen molar-refractivity contribution in [2.24, 2.45) is 10.9 Å². The fraction of sp³-hybridized carbons (Fsp3) is 0.444. The topological polar surface area (TPSA) is 51.1 Å². The quantitative estimate of drug-likeness (QED) is 0.785. The lowest BCUT2D eigenvalue weighted by Gasteiger charge is -2.31. The van der Waals surface area contributed by atoms with E-state index < -0.39 is 0 Å². The highest BCUT2D eigenvalue weighted by atomic mass is 32.2. The number of amides is 1. The lowest BCUT2D eigenvalue weighted by Crippen LogP contribution is -2.37. The molecule has 0 aliphatic carbocycles. The molecular formula is C18H22N2O3S. The van der Waals surface area contributed by atoms with E-state index in [1.807, 2.05) is 24.3 Å². The Balaban J connectivity index is 1.82. The van der Waals surface area contributed by atoms with E-state index in [2.05, 4.69) is 16.8 Å². The summed E-state index contributed by atoms with van der Waals surface area (Å²) in [5, 5.41) is 0.819. The van der Waals surface area contributed by atoms with Crippen molar-refractivity contribution in [1.29, 1.82) is 0 Å². The van der Waals surface area contributed by atoms with E-state index in [-0.39, 0.29) is 5.91 Å². The van der Waals surface area contributed by atoms with Crippen molar-refractivity contribution in [3.05, 3.63) is 28.7 Å². The fourth-order valence-electron chi connectivity index (χ4n) is 2.99. The van der Waals surface area contributed by atoms with Crippen molar-refractivity contribution in [2.45, 2.75) is 19.8 Å². The molecule has 5 nitrogen and oxygen atoms in total. The number of carbonyl (C=O) groups is 1. The maximum atomic E-state index is 12.3. The van der Waals surface area contributed by atoms with Crippen molar-refractivity contribution < 1.29 is 14.3 Å². The van der Waals surface area contributed by atoms with Crippen LogP contribution in [0.4, 0.5) is 0 Å². The van der Waals surface area contributed by atoms with Gasteiger partial charge in [-0.15, -0.1) is 0 Å². The summed E-state index contributed by atoms with van der Waals surface area (Å²) in [5.74, 6) is 1.89. The molecule has 0 bridgehead atoms. The predicted octanol–water partition coefficient (Wildman–Crippen LogP) is 3.41. The van der Waals surface area contributed by atoms with Crippen molar-refractivity contribution in [2.75, 3.05) is 27.3 Å². The number of hydrogen-bond donors (Lipinski definition) is 0. The molecule has 0 aromatic heterocycles. The van der Waals surface area contributed by atoms with Gasteiger partial charge in [0.1, 0.15) is 11.5 Å². The Hall–Kier alpha value is -1.95. The molecular weight excluding hydrogens is 324 g/mol. The number of aliphatic imine (C=N–C) groups is 1. The first-order valence-electron chi connectivity index (χ1n) is 8.10. The van der Waals surface area contributed by atoms with Gasteiger partial charge in [-0.3, -0.25) is 4.79 Å². The van der Waals surface area contributed by atoms with Gasteiger partial charge in [-0.1, -0.05) is 6.92 Å². The molecule has 2 heterocycles. The number of carbonyl (C=O) groups excluding carboxylic acids is 1. The van der Waals surface area contributed by atoms with Gasteiger partial charge in [0.15, 0.2) is 5.17 Å². The average molecular weight is 346 g/mol. The maximum absolute atomic E-state index is 12.3. The van der Waals surface area contributed by atoms with Gasteiger partial charge in [-0.25, -0.2) is 0 Å². The first kappa shape index (κ1) is 16.9. The first-order chi connectivity index (χ1) is 11.6. The Kier molecular flexibility index (Phi) is 5.14. The van der Waals surface area contributed by atoms with E-state index in [0.717, 1.165) is 36.0 Å². The molecule has 0 unspecified atom stereocenters. The highest BCUT2D eigenvalue weighted by Crippen LogP contribution is 2.34. The molecule has 2 aliphatic rings. The molecule has 6 heteroatoms. The summed E-state index contributed by atoms with van der Waals surface area (Å²) < 4.78 is 10.6. The third-order valence-corrected chi connectivity index (χ3v) is 5.30. The molecule has 1 atom stereocenters. The zero-order chi connectivity index (χ0) is 17.1. The number of amidine groups is 1. The predicted molar refractivity (Wildman–Crippen MR) is 97.5 cm³/mol. The summed E-state index contributed by atoms with van der Waals surface area (Å²) in [6.07, 6.45) is 4.22. The number of hydrogen-bond acceptors (Lipinski definition) is 5. The van der Waals surface area contributed by atoms with Gasteiger partial charge < -0.3 is 14.4 Å². The average Bonchev–Trinajstić information content (AvgIpc) is 2.95. The molecule has 0 radical (unpaired) electrons. The fourth-order valence-corrected chi connectivity index (χ4v) is 3.93. The monoisotopic (exact) mass is 346 g/mol. The molecule has 1 aromatic rings. The summed E-state index contributed by atoms with van der Waals surface area (Å²) >= 11 is 1.45. The molecule has 1 fully saturated rings. The zero-order valence-corrected chi connectivity index (χ0v) is 15.1. The number of ether oxygens (including phenoxy) is 2. The minimum Gasteiger partial charge on any atom is -0.497 e. The van der Waals surface area contributed by atoms with Crippen LogP contribution in [0.2, 0.25) is 0 Å². The molecule has 3 rings (SSSR count). The van der Waals surface area contributed by atoms with Crippen LogP contribution in [0.3, 0.4) is 0 Å². The highest BCUT2D eigenvalue weighted by Gasteiger charge is 2.28. The largest absolute Gasteiger partial charge is 0.497 e. The summed E-state index contributed by atoms with van der Waals surface area (Å²) in [4.78, 5) is 19.4. The SMILES string of the molecule is COc1ccc(OC)c(/C=C2/SC(N3CCC[C@H](C)C3)=NC2=O)c1. The van der Waals surface area contributed by atoms with Gasteiger partial charge >= 0.3 is 0 Å². The maximum Gasteiger partial charge on any atom is 0.286 e. The van der Waals surface area contributed by atoms with Crippen LogP contribution in [0, 0.1) is 5.92 Å². The molecule has 24 heavy (non-hydrogen) atoms. The van der Waals surface area contributed by atoms with Crippen LogP contribution in [-0.2, 0) is 4.79 Å². The van der Waals surface area contributed by atoms with Crippen LogP contribution in [-0.4, -0.2) is 43.3 Å². The van der Waals surface area contributed by atoms with Crippen molar-refractivity contribution in [3.8, 4) is 11.5 Å². The van der Waals surface area contributed by atoms with Gasteiger partial charge in [0.2, 0.25) is 0 Å². The summed E-state index contributed by atoms with van der Waals surface area (Å²) in [6.45, 7) is 4.18. The Morgan fingerprint density at radius 2 is 2.17 bits per heavy atom. The number of benzene rings is 1. The van der Waals surface area contributed by atoms with Gasteiger partial charge in [0.25, 0.3) is 5.91 Å². The van der Waals surface area contributed by atoms with Crippen molar-refractivity contribution in [1.82, 2.24) is 4.90 Å². The summed E-state index contributed by atoms with van der Waals surface area (Å²) in [6, 6.07) is 5.53. The standard InChI is InChI=1S/C18H22N2O3S/c1-12-5-4-8-20(11-12)18-19-17(21)16(24-18)10-13-9-14(22-2)6-7-15(13)23-3/h6-7,9-10,12H,4-5,8,11H2,1-3H3/b16-10+/t12-/m0/s1. The molecule has 1 aromatic carbocycles. The van der Waals surface area contributed by atoms with E-state index in [1.54, 1.807) is 14.2 Å². The second-order valence-corrected chi connectivity index (χ2v) is 7.12. The molecule has 1 amide bonds. The molecule has 2 aliphatic heterocycles. The smallest absolute Gasteiger partial charge is 0.286 e. The second kappa shape index (κ2) is 7.30. The summed E-state index contributed by atoms with van der Waals surface area (Å²) in [7, 11) is 3.23. The Bertz CT molecular complexity index is 700. The van der Waals surface area contributed by atoms with Crippen molar-refractivity contribution >= 4 is 28.9 Å². The van der Waals surface area contributed by atoms with Crippen LogP contribution in [0.1, 0.15) is 25.3 Å². The molecule has 0 N–H and O–H groups in total. The lowest BCUT2D eigenvalue weighted by atomic mass is 10.0. The molecule has 128 valence electrons. The number of thioether (sulfide) groups is 1. The zero-order valence-electron chi connectivity index (χ0n) is 14.2. The van der Waals surface area contributed by atoms with E-state index in [0.29, 0.717) is 16.6 Å². The second-order valence-electron chi connectivity index (χ2n) is 6.11. The normalized spacial score (nSPS) is 22.7. The Morgan fingerprint density at radius 3 is 2.88 bits per heavy atom. The van der Waals surface area contributed by atoms with Crippen LogP contribution in [0.25, 0.3) is 6.08 Å². The van der Waals surface area contributed by atoms with Crippen LogP contribution >= 0.6 is 11.8 Å². The lowest BCUT2D eigenvalue weighted by molar-refractivity contribution is -0.113. The molecule has 0 saturated carbocycles. The van der Waals surface area contributed by atoms with Gasteiger partial charge in [-0.2, -0.15) is 4.99 Å². The van der Waals surface area contributed by atoms with Gasteiger partial charge in [0.05, 0.1) is 19.1 Å². The number of nitrogens with zero attached hydrogens (tertiary/aromatic N) is 2. The van der Waals surface area contributed by atoms with E-state index >= 15 is 0 Å². The molecule has 1 saturated heterocycles. The van der Waals surface area contributed by atoms with Gasteiger partial charge in [0, 0.05) is 18.7 Å². The third kappa shape index (κ3) is 3.59. The Morgan fingerprint density at radius 1 is 1.33 bits per heavy atom. The Labute approximate surface area is 146 Å². The third-order valence-electron chi connectivity index (χ3n) is 4.26. The van der Waals surface area contributed by atoms with E-state index in [9.17, 15) is 4.79 Å². The van der Waals surface area contributed by atoms with Crippen molar-refractivity contribution in [3.63, 3.8) is 0 Å². The highest BCUT2D eigenvalue weighted by molar-refractivity contribution is 8.18. The van der Waals surface area contributed by atoms with Crippen LogP contribution in [0.5, 0.6) is 11.5 Å². The first-order valence-corrected chi connectivity index (χ1v) is 8.92. The van der Waals surface area contributed by atoms with Crippen LogP contribution < -0.4 is 9.47 Å². The number of piperidine rings is 1. The van der Waals surface area contributed by atoms with E-state index in [1.165, 1.54) is 18.2 Å². The van der Waals surface area contributed by atoms with Gasteiger partial charge in [-0.05, 0) is 54.8 Å². The minimum atomic E-state index is -0.182. The number of rotatable bonds is 3. The number of likely N-dealkylation sites (tertiary alicyclic amines) is 1. The van der Waals surface area contributed by atoms with E-state index in [4.69, 9.17) is 9.47 Å². The number of methoxy groups -OCH3 is 2. The molecule has 0 spiro atoms. The summed E-state index contributed by atoms with van der Waals surface area (Å²) in [5.41, 5.74) is 0.816.